The van der Waals surface area contributed by atoms with E-state index < -0.39 is 16.0 Å². The third kappa shape index (κ3) is 4.22. The van der Waals surface area contributed by atoms with Gasteiger partial charge in [-0.25, -0.2) is 13.2 Å². The topological polar surface area (TPSA) is 92.8 Å². The van der Waals surface area contributed by atoms with Crippen molar-refractivity contribution in [3.63, 3.8) is 0 Å². The van der Waals surface area contributed by atoms with E-state index in [4.69, 9.17) is 4.74 Å². The molecule has 30 heavy (non-hydrogen) atoms. The molecule has 1 aromatic carbocycles. The number of carbonyl (C=O) groups is 2. The first-order valence-electron chi connectivity index (χ1n) is 9.79. The number of ether oxygens (including phenoxy) is 1. The third-order valence-corrected chi connectivity index (χ3v) is 8.49. The first kappa shape index (κ1) is 22.3. The van der Waals surface area contributed by atoms with E-state index in [1.165, 1.54) is 7.11 Å². The Morgan fingerprint density at radius 3 is 2.63 bits per heavy atom. The summed E-state index contributed by atoms with van der Waals surface area (Å²) in [7, 11) is -2.77. The maximum absolute atomic E-state index is 13.2. The Morgan fingerprint density at radius 2 is 2.00 bits per heavy atom. The molecule has 162 valence electrons. The van der Waals surface area contributed by atoms with Crippen molar-refractivity contribution in [2.24, 2.45) is 5.92 Å². The molecule has 1 aliphatic heterocycles. The second-order valence-corrected chi connectivity index (χ2v) is 10.4. The van der Waals surface area contributed by atoms with Gasteiger partial charge >= 0.3 is 5.97 Å². The van der Waals surface area contributed by atoms with Crippen LogP contribution in [-0.2, 0) is 32.5 Å². The Labute approximate surface area is 181 Å². The molecule has 1 N–H and O–H groups in total. The molecule has 0 saturated carbocycles. The molecule has 0 radical (unpaired) electrons. The van der Waals surface area contributed by atoms with Gasteiger partial charge in [-0.15, -0.1) is 11.3 Å². The first-order chi connectivity index (χ1) is 14.2. The molecule has 0 fully saturated rings. The predicted molar refractivity (Wildman–Crippen MR) is 116 cm³/mol. The van der Waals surface area contributed by atoms with Crippen LogP contribution < -0.4 is 4.72 Å². The minimum Gasteiger partial charge on any atom is -0.465 e. The van der Waals surface area contributed by atoms with E-state index in [2.05, 4.69) is 4.72 Å². The number of anilines is 1. The van der Waals surface area contributed by atoms with Crippen molar-refractivity contribution >= 4 is 38.9 Å². The van der Waals surface area contributed by atoms with Crippen molar-refractivity contribution in [2.75, 3.05) is 18.4 Å². The lowest BCUT2D eigenvalue weighted by Gasteiger charge is -2.29. The van der Waals surface area contributed by atoms with Crippen LogP contribution in [-0.4, -0.2) is 38.8 Å². The van der Waals surface area contributed by atoms with Gasteiger partial charge in [0.1, 0.15) is 0 Å². The van der Waals surface area contributed by atoms with E-state index in [0.29, 0.717) is 35.6 Å². The summed E-state index contributed by atoms with van der Waals surface area (Å²) < 4.78 is 33.8. The van der Waals surface area contributed by atoms with Crippen molar-refractivity contribution in [3.8, 4) is 0 Å². The number of carbonyl (C=O) groups excluding carboxylic acids is 2. The summed E-state index contributed by atoms with van der Waals surface area (Å²) in [5.74, 6) is -0.740. The number of nitrogens with zero attached hydrogens (tertiary/aromatic N) is 1. The van der Waals surface area contributed by atoms with Crippen molar-refractivity contribution in [1.82, 2.24) is 4.90 Å². The standard InChI is InChI=1S/C21H26N2O5S2/c1-5-13(2)19(24)23-11-10-15-17(12-23)29-21(18(15)20(25)28-4)30(26,27)22-16-9-7-6-8-14(16)3/h6-9,13,22H,5,10-12H2,1-4H3. The fourth-order valence-electron chi connectivity index (χ4n) is 3.43. The van der Waals surface area contributed by atoms with Crippen molar-refractivity contribution in [2.45, 2.75) is 44.4 Å². The lowest BCUT2D eigenvalue weighted by molar-refractivity contribution is -0.135. The van der Waals surface area contributed by atoms with Crippen LogP contribution in [0, 0.1) is 12.8 Å². The highest BCUT2D eigenvalue weighted by atomic mass is 32.2. The number of benzene rings is 1. The number of thiophene rings is 1. The smallest absolute Gasteiger partial charge is 0.340 e. The number of nitrogens with one attached hydrogen (secondary N) is 1. The number of amides is 1. The van der Waals surface area contributed by atoms with Crippen molar-refractivity contribution in [3.05, 3.63) is 45.8 Å². The number of hydrogen-bond donors (Lipinski definition) is 1. The number of hydrogen-bond acceptors (Lipinski definition) is 6. The minimum atomic E-state index is -4.01. The van der Waals surface area contributed by atoms with E-state index in [0.717, 1.165) is 23.3 Å². The predicted octanol–water partition coefficient (Wildman–Crippen LogP) is 3.57. The molecule has 7 nitrogen and oxygen atoms in total. The lowest BCUT2D eigenvalue weighted by Crippen LogP contribution is -2.38. The third-order valence-electron chi connectivity index (χ3n) is 5.39. The highest BCUT2D eigenvalue weighted by Gasteiger charge is 2.35. The molecule has 0 aliphatic carbocycles. The van der Waals surface area contributed by atoms with Crippen LogP contribution in [0.2, 0.25) is 0 Å². The maximum Gasteiger partial charge on any atom is 0.340 e. The summed E-state index contributed by atoms with van der Waals surface area (Å²) in [6.07, 6.45) is 1.15. The molecule has 1 unspecified atom stereocenters. The molecule has 1 amide bonds. The maximum atomic E-state index is 13.2. The summed E-state index contributed by atoms with van der Waals surface area (Å²) >= 11 is 1.03. The average molecular weight is 451 g/mol. The van der Waals surface area contributed by atoms with Gasteiger partial charge in [-0.05, 0) is 37.0 Å². The van der Waals surface area contributed by atoms with Gasteiger partial charge in [0, 0.05) is 17.3 Å². The van der Waals surface area contributed by atoms with E-state index in [-0.39, 0.29) is 21.6 Å². The second kappa shape index (κ2) is 8.77. The van der Waals surface area contributed by atoms with Crippen LogP contribution in [0.1, 0.15) is 46.6 Å². The molecule has 0 spiro atoms. The van der Waals surface area contributed by atoms with Gasteiger partial charge in [0.15, 0.2) is 4.21 Å². The largest absolute Gasteiger partial charge is 0.465 e. The molecule has 0 bridgehead atoms. The number of rotatable bonds is 6. The molecule has 1 aliphatic rings. The monoisotopic (exact) mass is 450 g/mol. The molecule has 3 rings (SSSR count). The summed E-state index contributed by atoms with van der Waals surface area (Å²) in [4.78, 5) is 27.6. The van der Waals surface area contributed by atoms with E-state index in [1.54, 1.807) is 30.0 Å². The lowest BCUT2D eigenvalue weighted by atomic mass is 10.0. The Hall–Kier alpha value is -2.39. The van der Waals surface area contributed by atoms with Crippen LogP contribution in [0.25, 0.3) is 0 Å². The van der Waals surface area contributed by atoms with Gasteiger partial charge in [-0.1, -0.05) is 32.0 Å². The van der Waals surface area contributed by atoms with Gasteiger partial charge in [0.05, 0.1) is 24.9 Å². The molecular formula is C21H26N2O5S2. The molecule has 9 heteroatoms. The number of fused-ring (bicyclic) bond motifs is 1. The molecule has 0 saturated heterocycles. The number of para-hydroxylation sites is 1. The summed E-state index contributed by atoms with van der Waals surface area (Å²) in [6, 6.07) is 7.03. The zero-order chi connectivity index (χ0) is 22.1. The average Bonchev–Trinajstić information content (AvgIpc) is 3.13. The van der Waals surface area contributed by atoms with Crippen LogP contribution in [0.5, 0.6) is 0 Å². The Kier molecular flexibility index (Phi) is 6.52. The van der Waals surface area contributed by atoms with Crippen LogP contribution in [0.4, 0.5) is 5.69 Å². The minimum absolute atomic E-state index is 0.0404. The van der Waals surface area contributed by atoms with Gasteiger partial charge < -0.3 is 9.64 Å². The first-order valence-corrected chi connectivity index (χ1v) is 12.1. The molecule has 1 aromatic heterocycles. The van der Waals surface area contributed by atoms with E-state index >= 15 is 0 Å². The highest BCUT2D eigenvalue weighted by molar-refractivity contribution is 7.94. The number of esters is 1. The molecule has 2 heterocycles. The number of aryl methyl sites for hydroxylation is 1. The summed E-state index contributed by atoms with van der Waals surface area (Å²) in [5.41, 5.74) is 1.96. The van der Waals surface area contributed by atoms with E-state index in [1.807, 2.05) is 19.9 Å². The van der Waals surface area contributed by atoms with Gasteiger partial charge in [0.2, 0.25) is 5.91 Å². The van der Waals surface area contributed by atoms with Gasteiger partial charge in [0.25, 0.3) is 10.0 Å². The van der Waals surface area contributed by atoms with Gasteiger partial charge in [-0.3, -0.25) is 9.52 Å². The summed E-state index contributed by atoms with van der Waals surface area (Å²) in [5, 5.41) is 0. The molecular weight excluding hydrogens is 424 g/mol. The van der Waals surface area contributed by atoms with Crippen molar-refractivity contribution in [1.29, 1.82) is 0 Å². The number of sulfonamides is 1. The Balaban J connectivity index is 2.02. The van der Waals surface area contributed by atoms with E-state index in [9.17, 15) is 18.0 Å². The quantitative estimate of drug-likeness (QED) is 0.679. The fourth-order valence-corrected chi connectivity index (χ4v) is 6.46. The second-order valence-electron chi connectivity index (χ2n) is 7.40. The van der Waals surface area contributed by atoms with Crippen LogP contribution >= 0.6 is 11.3 Å². The fraction of sp³-hybridized carbons (Fsp3) is 0.429. The van der Waals surface area contributed by atoms with Crippen molar-refractivity contribution < 1.29 is 22.7 Å². The normalized spacial score (nSPS) is 14.7. The SMILES string of the molecule is CCC(C)C(=O)N1CCc2c(sc(S(=O)(=O)Nc3ccccc3C)c2C(=O)OC)C1. The Bertz CT molecular complexity index is 1080. The number of methoxy groups -OCH3 is 1. The zero-order valence-electron chi connectivity index (χ0n) is 17.5. The molecule has 1 atom stereocenters. The van der Waals surface area contributed by atoms with Gasteiger partial charge in [-0.2, -0.15) is 0 Å². The molecule has 2 aromatic rings. The van der Waals surface area contributed by atoms with Crippen LogP contribution in [0.3, 0.4) is 0 Å². The Morgan fingerprint density at radius 1 is 1.30 bits per heavy atom. The summed E-state index contributed by atoms with van der Waals surface area (Å²) in [6.45, 7) is 6.39. The zero-order valence-corrected chi connectivity index (χ0v) is 19.2. The van der Waals surface area contributed by atoms with Crippen LogP contribution in [0.15, 0.2) is 28.5 Å². The highest BCUT2D eigenvalue weighted by Crippen LogP contribution is 2.38.